The van der Waals surface area contributed by atoms with Crippen molar-refractivity contribution in [3.05, 3.63) is 40.2 Å². The van der Waals surface area contributed by atoms with Crippen molar-refractivity contribution < 1.29 is 4.74 Å². The average Bonchev–Trinajstić information content (AvgIpc) is 2.68. The van der Waals surface area contributed by atoms with Gasteiger partial charge in [-0.25, -0.2) is 0 Å². The van der Waals surface area contributed by atoms with Crippen LogP contribution >= 0.6 is 11.6 Å². The zero-order valence-corrected chi connectivity index (χ0v) is 13.8. The summed E-state index contributed by atoms with van der Waals surface area (Å²) in [5.41, 5.74) is 2.86. The molecule has 4 nitrogen and oxygen atoms in total. The van der Waals surface area contributed by atoms with Gasteiger partial charge in [-0.3, -0.25) is 4.68 Å². The smallest absolute Gasteiger partial charge is 0.171 e. The van der Waals surface area contributed by atoms with Gasteiger partial charge in [-0.05, 0) is 38.9 Å². The van der Waals surface area contributed by atoms with Gasteiger partial charge in [0.2, 0.25) is 0 Å². The SMILES string of the molecule is CCCNCc1c(Cl)cccc1Oc1c(C)nn(C)c1C. The summed E-state index contributed by atoms with van der Waals surface area (Å²) in [5, 5.41) is 8.46. The summed E-state index contributed by atoms with van der Waals surface area (Å²) in [6.07, 6.45) is 1.08. The normalized spacial score (nSPS) is 10.9. The molecule has 0 amide bonds. The first-order chi connectivity index (χ1) is 10.0. The van der Waals surface area contributed by atoms with Crippen molar-refractivity contribution in [2.45, 2.75) is 33.7 Å². The van der Waals surface area contributed by atoms with E-state index >= 15 is 0 Å². The maximum absolute atomic E-state index is 6.32. The molecule has 1 aromatic heterocycles. The maximum Gasteiger partial charge on any atom is 0.171 e. The number of rotatable bonds is 6. The highest BCUT2D eigenvalue weighted by molar-refractivity contribution is 6.31. The van der Waals surface area contributed by atoms with E-state index in [9.17, 15) is 0 Å². The summed E-state index contributed by atoms with van der Waals surface area (Å²) in [6, 6.07) is 5.74. The van der Waals surface area contributed by atoms with Crippen LogP contribution in [0.25, 0.3) is 0 Å². The Morgan fingerprint density at radius 2 is 2.10 bits per heavy atom. The predicted octanol–water partition coefficient (Wildman–Crippen LogP) is 3.98. The molecule has 0 unspecified atom stereocenters. The van der Waals surface area contributed by atoms with Gasteiger partial charge in [0.25, 0.3) is 0 Å². The molecular weight excluding hydrogens is 286 g/mol. The van der Waals surface area contributed by atoms with Crippen LogP contribution in [0.3, 0.4) is 0 Å². The molecule has 21 heavy (non-hydrogen) atoms. The topological polar surface area (TPSA) is 39.1 Å². The molecule has 1 heterocycles. The van der Waals surface area contributed by atoms with Gasteiger partial charge in [-0.1, -0.05) is 24.6 Å². The van der Waals surface area contributed by atoms with Crippen molar-refractivity contribution in [3.8, 4) is 11.5 Å². The van der Waals surface area contributed by atoms with Crippen LogP contribution in [-0.2, 0) is 13.6 Å². The zero-order valence-electron chi connectivity index (χ0n) is 13.0. The fourth-order valence-corrected chi connectivity index (χ4v) is 2.44. The molecular formula is C16H22ClN3O. The van der Waals surface area contributed by atoms with Crippen LogP contribution in [0.15, 0.2) is 18.2 Å². The quantitative estimate of drug-likeness (QED) is 0.820. The third-order valence-electron chi connectivity index (χ3n) is 3.46. The lowest BCUT2D eigenvalue weighted by molar-refractivity contribution is 0.465. The minimum absolute atomic E-state index is 0.696. The molecule has 0 aliphatic carbocycles. The molecule has 0 spiro atoms. The zero-order chi connectivity index (χ0) is 15.4. The summed E-state index contributed by atoms with van der Waals surface area (Å²) in [5.74, 6) is 1.59. The molecule has 0 aliphatic heterocycles. The molecule has 2 rings (SSSR count). The van der Waals surface area contributed by atoms with E-state index in [1.807, 2.05) is 43.8 Å². The number of halogens is 1. The van der Waals surface area contributed by atoms with Crippen molar-refractivity contribution in [1.82, 2.24) is 15.1 Å². The monoisotopic (exact) mass is 307 g/mol. The molecule has 1 aromatic carbocycles. The largest absolute Gasteiger partial charge is 0.453 e. The average molecular weight is 308 g/mol. The molecule has 0 atom stereocenters. The molecule has 0 aliphatic rings. The van der Waals surface area contributed by atoms with Crippen molar-refractivity contribution >= 4 is 11.6 Å². The standard InChI is InChI=1S/C16H22ClN3O/c1-5-9-18-10-13-14(17)7-6-8-15(13)21-16-11(2)19-20(4)12(16)3/h6-8,18H,5,9-10H2,1-4H3. The van der Waals surface area contributed by atoms with Crippen LogP contribution in [0.4, 0.5) is 0 Å². The van der Waals surface area contributed by atoms with Gasteiger partial charge in [0.1, 0.15) is 11.4 Å². The molecule has 2 aromatic rings. The highest BCUT2D eigenvalue weighted by Crippen LogP contribution is 2.33. The maximum atomic E-state index is 6.32. The first kappa shape index (κ1) is 15.9. The Hall–Kier alpha value is -1.52. The van der Waals surface area contributed by atoms with Gasteiger partial charge in [-0.15, -0.1) is 0 Å². The Morgan fingerprint density at radius 3 is 2.71 bits per heavy atom. The van der Waals surface area contributed by atoms with E-state index in [1.54, 1.807) is 0 Å². The Morgan fingerprint density at radius 1 is 1.33 bits per heavy atom. The number of nitrogens with zero attached hydrogens (tertiary/aromatic N) is 2. The summed E-state index contributed by atoms with van der Waals surface area (Å²) < 4.78 is 7.92. The second kappa shape index (κ2) is 6.96. The van der Waals surface area contributed by atoms with Gasteiger partial charge in [0, 0.05) is 24.2 Å². The lowest BCUT2D eigenvalue weighted by Crippen LogP contribution is -2.14. The van der Waals surface area contributed by atoms with E-state index in [-0.39, 0.29) is 0 Å². The lowest BCUT2D eigenvalue weighted by atomic mass is 10.2. The summed E-state index contributed by atoms with van der Waals surface area (Å²) >= 11 is 6.32. The van der Waals surface area contributed by atoms with Gasteiger partial charge >= 0.3 is 0 Å². The van der Waals surface area contributed by atoms with E-state index in [4.69, 9.17) is 16.3 Å². The van der Waals surface area contributed by atoms with Crippen LogP contribution in [-0.4, -0.2) is 16.3 Å². The van der Waals surface area contributed by atoms with Gasteiger partial charge in [0.15, 0.2) is 5.75 Å². The van der Waals surface area contributed by atoms with Crippen LogP contribution in [0.5, 0.6) is 11.5 Å². The van der Waals surface area contributed by atoms with Crippen molar-refractivity contribution in [3.63, 3.8) is 0 Å². The van der Waals surface area contributed by atoms with E-state index in [1.165, 1.54) is 0 Å². The van der Waals surface area contributed by atoms with E-state index < -0.39 is 0 Å². The molecule has 0 saturated heterocycles. The van der Waals surface area contributed by atoms with Gasteiger partial charge in [-0.2, -0.15) is 5.10 Å². The second-order valence-electron chi connectivity index (χ2n) is 5.12. The van der Waals surface area contributed by atoms with Crippen molar-refractivity contribution in [2.24, 2.45) is 7.05 Å². The van der Waals surface area contributed by atoms with Crippen LogP contribution in [0, 0.1) is 13.8 Å². The summed E-state index contributed by atoms with van der Waals surface area (Å²) in [7, 11) is 1.91. The van der Waals surface area contributed by atoms with Crippen molar-refractivity contribution in [2.75, 3.05) is 6.54 Å². The first-order valence-corrected chi connectivity index (χ1v) is 7.58. The van der Waals surface area contributed by atoms with Crippen LogP contribution < -0.4 is 10.1 Å². The minimum atomic E-state index is 0.696. The number of hydrogen-bond donors (Lipinski definition) is 1. The Labute approximate surface area is 131 Å². The molecule has 0 bridgehead atoms. The first-order valence-electron chi connectivity index (χ1n) is 7.20. The molecule has 0 fully saturated rings. The third-order valence-corrected chi connectivity index (χ3v) is 3.81. The number of benzene rings is 1. The number of aryl methyl sites for hydroxylation is 2. The predicted molar refractivity (Wildman–Crippen MR) is 86.2 cm³/mol. The Balaban J connectivity index is 2.29. The highest BCUT2D eigenvalue weighted by Gasteiger charge is 2.15. The summed E-state index contributed by atoms with van der Waals surface area (Å²) in [6.45, 7) is 7.73. The van der Waals surface area contributed by atoms with Crippen LogP contribution in [0.2, 0.25) is 5.02 Å². The van der Waals surface area contributed by atoms with Gasteiger partial charge in [0.05, 0.1) is 5.69 Å². The van der Waals surface area contributed by atoms with E-state index in [0.29, 0.717) is 6.54 Å². The highest BCUT2D eigenvalue weighted by atomic mass is 35.5. The summed E-state index contributed by atoms with van der Waals surface area (Å²) in [4.78, 5) is 0. The minimum Gasteiger partial charge on any atom is -0.453 e. The number of ether oxygens (including phenoxy) is 1. The molecule has 114 valence electrons. The van der Waals surface area contributed by atoms with Crippen molar-refractivity contribution in [1.29, 1.82) is 0 Å². The lowest BCUT2D eigenvalue weighted by Gasteiger charge is -2.13. The van der Waals surface area contributed by atoms with E-state index in [2.05, 4.69) is 17.3 Å². The third kappa shape index (κ3) is 3.57. The number of aromatic nitrogens is 2. The fourth-order valence-electron chi connectivity index (χ4n) is 2.21. The Bertz CT molecular complexity index is 622. The Kier molecular flexibility index (Phi) is 5.26. The van der Waals surface area contributed by atoms with Crippen LogP contribution in [0.1, 0.15) is 30.3 Å². The molecule has 5 heteroatoms. The number of nitrogens with one attached hydrogen (secondary N) is 1. The molecule has 0 radical (unpaired) electrons. The second-order valence-corrected chi connectivity index (χ2v) is 5.53. The number of hydrogen-bond acceptors (Lipinski definition) is 3. The molecule has 0 saturated carbocycles. The van der Waals surface area contributed by atoms with Gasteiger partial charge < -0.3 is 10.1 Å². The fraction of sp³-hybridized carbons (Fsp3) is 0.438. The van der Waals surface area contributed by atoms with E-state index in [0.717, 1.165) is 46.4 Å². The molecule has 1 N–H and O–H groups in total.